The van der Waals surface area contributed by atoms with Gasteiger partial charge in [0.1, 0.15) is 5.75 Å². The number of benzene rings is 2. The summed E-state index contributed by atoms with van der Waals surface area (Å²) in [6.45, 7) is 2.02. The van der Waals surface area contributed by atoms with Crippen LogP contribution >= 0.6 is 35.0 Å². The molecule has 2 aliphatic rings. The third-order valence-electron chi connectivity index (χ3n) is 4.32. The minimum atomic E-state index is 0.0691. The molecule has 0 saturated heterocycles. The van der Waals surface area contributed by atoms with Gasteiger partial charge in [0.15, 0.2) is 5.17 Å². The molecule has 2 aromatic rings. The van der Waals surface area contributed by atoms with Crippen LogP contribution < -0.4 is 4.74 Å². The van der Waals surface area contributed by atoms with E-state index < -0.39 is 0 Å². The lowest BCUT2D eigenvalue weighted by Crippen LogP contribution is -2.27. The van der Waals surface area contributed by atoms with Crippen molar-refractivity contribution < 1.29 is 4.74 Å². The second kappa shape index (κ2) is 7.03. The molecule has 2 aliphatic heterocycles. The number of amidine groups is 1. The maximum atomic E-state index is 6.40. The van der Waals surface area contributed by atoms with E-state index in [1.54, 1.807) is 18.9 Å². The normalized spacial score (nSPS) is 18.8. The fraction of sp³-hybridized carbons (Fsp3) is 0.150. The molecule has 2 heterocycles. The number of allylic oxidation sites excluding steroid dienone is 1. The topological polar surface area (TPSA) is 24.8 Å². The SMILES string of the molecule is COc1ccc(C2C=C(C)N=C3SC(c4c(Cl)cccc4Cl)=CN32)cc1. The lowest BCUT2D eigenvalue weighted by atomic mass is 10.0. The average molecular weight is 403 g/mol. The van der Waals surface area contributed by atoms with E-state index in [0.29, 0.717) is 10.0 Å². The van der Waals surface area contributed by atoms with Crippen molar-refractivity contribution in [3.63, 3.8) is 0 Å². The molecule has 0 saturated carbocycles. The molecule has 3 nitrogen and oxygen atoms in total. The summed E-state index contributed by atoms with van der Waals surface area (Å²) >= 11 is 14.4. The number of methoxy groups -OCH3 is 1. The highest BCUT2D eigenvalue weighted by atomic mass is 35.5. The average Bonchev–Trinajstić information content (AvgIpc) is 3.04. The number of hydrogen-bond acceptors (Lipinski definition) is 4. The highest BCUT2D eigenvalue weighted by molar-refractivity contribution is 8.22. The lowest BCUT2D eigenvalue weighted by Gasteiger charge is -2.29. The van der Waals surface area contributed by atoms with E-state index >= 15 is 0 Å². The Morgan fingerprint density at radius 1 is 1.08 bits per heavy atom. The first kappa shape index (κ1) is 17.5. The van der Waals surface area contributed by atoms with E-state index in [0.717, 1.165) is 27.1 Å². The maximum Gasteiger partial charge on any atom is 0.173 e. The fourth-order valence-electron chi connectivity index (χ4n) is 3.04. The van der Waals surface area contributed by atoms with Gasteiger partial charge < -0.3 is 9.64 Å². The third kappa shape index (κ3) is 3.13. The summed E-state index contributed by atoms with van der Waals surface area (Å²) in [7, 11) is 1.67. The van der Waals surface area contributed by atoms with Gasteiger partial charge in [-0.3, -0.25) is 0 Å². The van der Waals surface area contributed by atoms with Gasteiger partial charge in [-0.2, -0.15) is 0 Å². The first-order chi connectivity index (χ1) is 12.6. The number of hydrogen-bond donors (Lipinski definition) is 0. The number of ether oxygens (including phenoxy) is 1. The minimum Gasteiger partial charge on any atom is -0.497 e. The van der Waals surface area contributed by atoms with Crippen LogP contribution in [0.2, 0.25) is 10.0 Å². The minimum absolute atomic E-state index is 0.0691. The Morgan fingerprint density at radius 3 is 2.42 bits per heavy atom. The highest BCUT2D eigenvalue weighted by Gasteiger charge is 2.32. The zero-order valence-corrected chi connectivity index (χ0v) is 16.6. The van der Waals surface area contributed by atoms with Crippen molar-refractivity contribution in [2.45, 2.75) is 13.0 Å². The highest BCUT2D eigenvalue weighted by Crippen LogP contribution is 2.46. The Bertz CT molecular complexity index is 931. The largest absolute Gasteiger partial charge is 0.497 e. The number of halogens is 2. The van der Waals surface area contributed by atoms with Crippen LogP contribution in [-0.4, -0.2) is 17.2 Å². The Hall–Kier alpha value is -1.88. The Balaban J connectivity index is 1.74. The van der Waals surface area contributed by atoms with Crippen molar-refractivity contribution in [1.82, 2.24) is 4.90 Å². The van der Waals surface area contributed by atoms with Crippen LogP contribution in [0.15, 0.2) is 65.4 Å². The number of fused-ring (bicyclic) bond motifs is 1. The molecule has 0 N–H and O–H groups in total. The maximum absolute atomic E-state index is 6.40. The van der Waals surface area contributed by atoms with Crippen molar-refractivity contribution in [1.29, 1.82) is 0 Å². The monoisotopic (exact) mass is 402 g/mol. The van der Waals surface area contributed by atoms with Crippen LogP contribution in [0, 0.1) is 0 Å². The summed E-state index contributed by atoms with van der Waals surface area (Å²) in [6.07, 6.45) is 4.23. The van der Waals surface area contributed by atoms with Crippen molar-refractivity contribution in [2.75, 3.05) is 7.11 Å². The molecule has 132 valence electrons. The quantitative estimate of drug-likeness (QED) is 0.596. The van der Waals surface area contributed by atoms with Gasteiger partial charge in [-0.05, 0) is 54.6 Å². The molecule has 0 spiro atoms. The van der Waals surface area contributed by atoms with Gasteiger partial charge in [0.25, 0.3) is 0 Å². The first-order valence-electron chi connectivity index (χ1n) is 8.10. The predicted molar refractivity (Wildman–Crippen MR) is 111 cm³/mol. The Labute approximate surface area is 167 Å². The predicted octanol–water partition coefficient (Wildman–Crippen LogP) is 6.36. The molecule has 4 rings (SSSR count). The van der Waals surface area contributed by atoms with Crippen LogP contribution in [0.1, 0.15) is 24.1 Å². The third-order valence-corrected chi connectivity index (χ3v) is 5.96. The number of rotatable bonds is 3. The number of thioether (sulfide) groups is 1. The molecular weight excluding hydrogens is 387 g/mol. The van der Waals surface area contributed by atoms with Gasteiger partial charge in [0.2, 0.25) is 0 Å². The van der Waals surface area contributed by atoms with E-state index in [9.17, 15) is 0 Å². The summed E-state index contributed by atoms with van der Waals surface area (Å²) < 4.78 is 5.27. The molecule has 1 atom stereocenters. The van der Waals surface area contributed by atoms with Gasteiger partial charge in [-0.25, -0.2) is 4.99 Å². The summed E-state index contributed by atoms with van der Waals surface area (Å²) in [5.41, 5.74) is 3.01. The second-order valence-corrected chi connectivity index (χ2v) is 7.84. The Kier molecular flexibility index (Phi) is 4.74. The Morgan fingerprint density at radius 2 is 1.77 bits per heavy atom. The van der Waals surface area contributed by atoms with Gasteiger partial charge in [-0.15, -0.1) is 0 Å². The van der Waals surface area contributed by atoms with E-state index in [4.69, 9.17) is 32.9 Å². The molecule has 0 aliphatic carbocycles. The molecular formula is C20H16Cl2N2OS. The first-order valence-corrected chi connectivity index (χ1v) is 9.67. The van der Waals surface area contributed by atoms with Crippen LogP contribution in [0.25, 0.3) is 4.91 Å². The van der Waals surface area contributed by atoms with Crippen LogP contribution in [0.4, 0.5) is 0 Å². The molecule has 0 radical (unpaired) electrons. The van der Waals surface area contributed by atoms with Gasteiger partial charge in [-0.1, -0.05) is 41.4 Å². The zero-order chi connectivity index (χ0) is 18.3. The molecule has 0 bridgehead atoms. The molecule has 2 aromatic carbocycles. The second-order valence-electron chi connectivity index (χ2n) is 6.02. The van der Waals surface area contributed by atoms with Gasteiger partial charge in [0.05, 0.1) is 23.2 Å². The molecule has 6 heteroatoms. The lowest BCUT2D eigenvalue weighted by molar-refractivity contribution is 0.414. The van der Waals surface area contributed by atoms with Crippen molar-refractivity contribution in [2.24, 2.45) is 4.99 Å². The summed E-state index contributed by atoms with van der Waals surface area (Å²) in [5, 5.41) is 2.21. The van der Waals surface area contributed by atoms with Crippen molar-refractivity contribution in [3.05, 3.63) is 81.6 Å². The van der Waals surface area contributed by atoms with Crippen LogP contribution in [0.5, 0.6) is 5.75 Å². The summed E-state index contributed by atoms with van der Waals surface area (Å²) in [5.74, 6) is 0.842. The molecule has 0 fully saturated rings. The van der Waals surface area contributed by atoms with Crippen molar-refractivity contribution in [3.8, 4) is 5.75 Å². The van der Waals surface area contributed by atoms with Crippen LogP contribution in [0.3, 0.4) is 0 Å². The van der Waals surface area contributed by atoms with Crippen molar-refractivity contribution >= 4 is 45.0 Å². The van der Waals surface area contributed by atoms with E-state index in [1.165, 1.54) is 5.56 Å². The van der Waals surface area contributed by atoms with Crippen LogP contribution in [-0.2, 0) is 0 Å². The van der Waals surface area contributed by atoms with Gasteiger partial charge in [0, 0.05) is 22.4 Å². The molecule has 1 unspecified atom stereocenters. The summed E-state index contributed by atoms with van der Waals surface area (Å²) in [4.78, 5) is 7.85. The number of nitrogens with zero attached hydrogens (tertiary/aromatic N) is 2. The van der Waals surface area contributed by atoms with E-state index in [2.05, 4.69) is 29.3 Å². The fourth-order valence-corrected chi connectivity index (χ4v) is 4.90. The molecule has 0 amide bonds. The standard InChI is InChI=1S/C20H16Cl2N2OS/c1-12-10-17(13-6-8-14(25-2)9-7-13)24-11-18(26-20(24)23-12)19-15(21)4-3-5-16(19)22/h3-11,17H,1-2H3. The van der Waals surface area contributed by atoms with Gasteiger partial charge >= 0.3 is 0 Å². The number of aliphatic imine (C=N–C) groups is 1. The smallest absolute Gasteiger partial charge is 0.173 e. The summed E-state index contributed by atoms with van der Waals surface area (Å²) in [6, 6.07) is 13.7. The van der Waals surface area contributed by atoms with E-state index in [-0.39, 0.29) is 6.04 Å². The molecule has 0 aromatic heterocycles. The zero-order valence-electron chi connectivity index (χ0n) is 14.2. The van der Waals surface area contributed by atoms with E-state index in [1.807, 2.05) is 37.3 Å². The molecule has 26 heavy (non-hydrogen) atoms.